The number of carboxylic acid groups (broad SMARTS) is 1. The molecule has 2 unspecified atom stereocenters. The molecule has 1 aromatic rings. The Morgan fingerprint density at radius 3 is 2.76 bits per heavy atom. The lowest BCUT2D eigenvalue weighted by Crippen LogP contribution is -2.41. The van der Waals surface area contributed by atoms with E-state index in [2.05, 4.69) is 5.32 Å². The van der Waals surface area contributed by atoms with Crippen LogP contribution in [0.2, 0.25) is 5.02 Å². The summed E-state index contributed by atoms with van der Waals surface area (Å²) in [6, 6.07) is 7.19. The third-order valence-electron chi connectivity index (χ3n) is 3.26. The van der Waals surface area contributed by atoms with Crippen LogP contribution in [-0.2, 0) is 4.79 Å². The minimum atomic E-state index is -0.808. The first kappa shape index (κ1) is 12.4. The molecule has 17 heavy (non-hydrogen) atoms. The summed E-state index contributed by atoms with van der Waals surface area (Å²) in [6.07, 6.45) is 3.08. The molecule has 0 radical (unpaired) electrons. The fraction of sp³-hybridized carbons (Fsp3) is 0.462. The molecule has 1 aromatic carbocycles. The fourth-order valence-corrected chi connectivity index (χ4v) is 2.67. The highest BCUT2D eigenvalue weighted by Gasteiger charge is 2.31. The van der Waals surface area contributed by atoms with Crippen molar-refractivity contribution in [3.8, 4) is 0 Å². The molecule has 2 atom stereocenters. The van der Waals surface area contributed by atoms with Gasteiger partial charge in [0.25, 0.3) is 0 Å². The van der Waals surface area contributed by atoms with Gasteiger partial charge in [-0.05, 0) is 31.0 Å². The molecule has 92 valence electrons. The maximum Gasteiger partial charge on any atom is 0.312 e. The standard InChI is InChI=1S/C13H16ClNO2/c14-10-6-2-1-5-9(10)12(13(16)17)11-7-3-4-8-15-11/h1-2,5-6,11-12,15H,3-4,7-8H2,(H,16,17). The molecule has 1 aliphatic rings. The van der Waals surface area contributed by atoms with E-state index in [9.17, 15) is 9.90 Å². The van der Waals surface area contributed by atoms with Crippen LogP contribution in [0.4, 0.5) is 0 Å². The van der Waals surface area contributed by atoms with Gasteiger partial charge in [-0.1, -0.05) is 36.2 Å². The summed E-state index contributed by atoms with van der Waals surface area (Å²) in [7, 11) is 0. The summed E-state index contributed by atoms with van der Waals surface area (Å²) in [6.45, 7) is 0.888. The van der Waals surface area contributed by atoms with E-state index in [1.807, 2.05) is 12.1 Å². The Hall–Kier alpha value is -1.06. The molecule has 2 rings (SSSR count). The van der Waals surface area contributed by atoms with Crippen molar-refractivity contribution in [3.05, 3.63) is 34.9 Å². The van der Waals surface area contributed by atoms with E-state index < -0.39 is 11.9 Å². The van der Waals surface area contributed by atoms with E-state index in [4.69, 9.17) is 11.6 Å². The molecule has 4 heteroatoms. The van der Waals surface area contributed by atoms with Gasteiger partial charge in [0.1, 0.15) is 0 Å². The van der Waals surface area contributed by atoms with E-state index in [-0.39, 0.29) is 6.04 Å². The first-order chi connectivity index (χ1) is 8.20. The first-order valence-electron chi connectivity index (χ1n) is 5.91. The smallest absolute Gasteiger partial charge is 0.312 e. The Labute approximate surface area is 106 Å². The van der Waals surface area contributed by atoms with Crippen LogP contribution in [0.3, 0.4) is 0 Å². The second-order valence-corrected chi connectivity index (χ2v) is 4.80. The lowest BCUT2D eigenvalue weighted by Gasteiger charge is -2.29. The minimum absolute atomic E-state index is 0.0128. The number of aliphatic carboxylic acids is 1. The molecule has 0 bridgehead atoms. The van der Waals surface area contributed by atoms with Gasteiger partial charge in [0.15, 0.2) is 0 Å². The van der Waals surface area contributed by atoms with Gasteiger partial charge in [-0.2, -0.15) is 0 Å². The summed E-state index contributed by atoms with van der Waals surface area (Å²) in [5.74, 6) is -1.36. The van der Waals surface area contributed by atoms with Crippen LogP contribution >= 0.6 is 11.6 Å². The fourth-order valence-electron chi connectivity index (χ4n) is 2.41. The highest BCUT2D eigenvalue weighted by Crippen LogP contribution is 2.30. The Morgan fingerprint density at radius 2 is 2.18 bits per heavy atom. The van der Waals surface area contributed by atoms with Crippen molar-refractivity contribution in [3.63, 3.8) is 0 Å². The van der Waals surface area contributed by atoms with E-state index in [1.165, 1.54) is 0 Å². The summed E-state index contributed by atoms with van der Waals surface area (Å²) >= 11 is 6.09. The molecule has 0 spiro atoms. The molecular weight excluding hydrogens is 238 g/mol. The van der Waals surface area contributed by atoms with Crippen LogP contribution in [0.15, 0.2) is 24.3 Å². The largest absolute Gasteiger partial charge is 0.481 e. The predicted molar refractivity (Wildman–Crippen MR) is 67.5 cm³/mol. The minimum Gasteiger partial charge on any atom is -0.481 e. The van der Waals surface area contributed by atoms with Gasteiger partial charge < -0.3 is 10.4 Å². The van der Waals surface area contributed by atoms with Crippen molar-refractivity contribution < 1.29 is 9.90 Å². The molecule has 1 heterocycles. The molecule has 0 saturated carbocycles. The first-order valence-corrected chi connectivity index (χ1v) is 6.28. The topological polar surface area (TPSA) is 49.3 Å². The molecule has 1 aliphatic heterocycles. The van der Waals surface area contributed by atoms with Crippen molar-refractivity contribution in [1.82, 2.24) is 5.32 Å². The second-order valence-electron chi connectivity index (χ2n) is 4.39. The van der Waals surface area contributed by atoms with Gasteiger partial charge in [-0.3, -0.25) is 4.79 Å². The maximum atomic E-state index is 11.5. The number of carboxylic acids is 1. The number of hydrogen-bond acceptors (Lipinski definition) is 2. The average molecular weight is 254 g/mol. The molecule has 0 aromatic heterocycles. The summed E-state index contributed by atoms with van der Waals surface area (Å²) < 4.78 is 0. The van der Waals surface area contributed by atoms with Gasteiger partial charge in [0, 0.05) is 11.1 Å². The Morgan fingerprint density at radius 1 is 1.41 bits per heavy atom. The molecule has 2 N–H and O–H groups in total. The Bertz CT molecular complexity index is 402. The van der Waals surface area contributed by atoms with Gasteiger partial charge in [0.05, 0.1) is 5.92 Å². The number of benzene rings is 1. The normalized spacial score (nSPS) is 22.1. The van der Waals surface area contributed by atoms with Crippen molar-refractivity contribution in [2.75, 3.05) is 6.54 Å². The van der Waals surface area contributed by atoms with Crippen molar-refractivity contribution in [2.24, 2.45) is 0 Å². The van der Waals surface area contributed by atoms with Crippen molar-refractivity contribution in [2.45, 2.75) is 31.2 Å². The molecule has 0 amide bonds. The third kappa shape index (κ3) is 2.79. The van der Waals surface area contributed by atoms with E-state index in [1.54, 1.807) is 12.1 Å². The molecular formula is C13H16ClNO2. The summed E-state index contributed by atoms with van der Waals surface area (Å²) in [5.41, 5.74) is 0.709. The third-order valence-corrected chi connectivity index (χ3v) is 3.60. The number of carbonyl (C=O) groups is 1. The summed E-state index contributed by atoms with van der Waals surface area (Å²) in [4.78, 5) is 11.5. The van der Waals surface area contributed by atoms with Crippen LogP contribution in [0.1, 0.15) is 30.7 Å². The van der Waals surface area contributed by atoms with Gasteiger partial charge in [-0.15, -0.1) is 0 Å². The van der Waals surface area contributed by atoms with Crippen LogP contribution in [0, 0.1) is 0 Å². The SMILES string of the molecule is O=C(O)C(c1ccccc1Cl)C1CCCCN1. The van der Waals surface area contributed by atoms with E-state index in [0.29, 0.717) is 10.6 Å². The number of rotatable bonds is 3. The monoisotopic (exact) mass is 253 g/mol. The quantitative estimate of drug-likeness (QED) is 0.871. The number of piperidine rings is 1. The zero-order chi connectivity index (χ0) is 12.3. The van der Waals surface area contributed by atoms with Crippen molar-refractivity contribution >= 4 is 17.6 Å². The maximum absolute atomic E-state index is 11.5. The molecule has 1 saturated heterocycles. The molecule has 0 aliphatic carbocycles. The van der Waals surface area contributed by atoms with Gasteiger partial charge in [-0.25, -0.2) is 0 Å². The zero-order valence-corrected chi connectivity index (χ0v) is 10.3. The van der Waals surface area contributed by atoms with E-state index >= 15 is 0 Å². The lowest BCUT2D eigenvalue weighted by molar-refractivity contribution is -0.139. The number of nitrogens with one attached hydrogen (secondary N) is 1. The van der Waals surface area contributed by atoms with Crippen LogP contribution in [-0.4, -0.2) is 23.7 Å². The predicted octanol–water partition coefficient (Wildman–Crippen LogP) is 2.65. The summed E-state index contributed by atoms with van der Waals surface area (Å²) in [5, 5.41) is 13.2. The second kappa shape index (κ2) is 5.52. The highest BCUT2D eigenvalue weighted by molar-refractivity contribution is 6.31. The lowest BCUT2D eigenvalue weighted by atomic mass is 9.86. The van der Waals surface area contributed by atoms with Gasteiger partial charge >= 0.3 is 5.97 Å². The van der Waals surface area contributed by atoms with Crippen LogP contribution < -0.4 is 5.32 Å². The van der Waals surface area contributed by atoms with Crippen LogP contribution in [0.5, 0.6) is 0 Å². The van der Waals surface area contributed by atoms with Crippen LogP contribution in [0.25, 0.3) is 0 Å². The molecule has 1 fully saturated rings. The van der Waals surface area contributed by atoms with E-state index in [0.717, 1.165) is 25.8 Å². The highest BCUT2D eigenvalue weighted by atomic mass is 35.5. The Kier molecular flexibility index (Phi) is 4.02. The Balaban J connectivity index is 2.28. The average Bonchev–Trinajstić information content (AvgIpc) is 2.33. The zero-order valence-electron chi connectivity index (χ0n) is 9.53. The molecule has 3 nitrogen and oxygen atoms in total. The van der Waals surface area contributed by atoms with Gasteiger partial charge in [0.2, 0.25) is 0 Å². The number of hydrogen-bond donors (Lipinski definition) is 2. The van der Waals surface area contributed by atoms with Crippen molar-refractivity contribution in [1.29, 1.82) is 0 Å². The number of halogens is 1.